The van der Waals surface area contributed by atoms with Gasteiger partial charge in [0, 0.05) is 25.0 Å². The van der Waals surface area contributed by atoms with Crippen molar-refractivity contribution in [2.75, 3.05) is 18.4 Å². The third-order valence-electron chi connectivity index (χ3n) is 2.96. The normalized spacial score (nSPS) is 17.8. The molecular weight excluding hydrogens is 257 g/mol. The van der Waals surface area contributed by atoms with Crippen LogP contribution in [0.2, 0.25) is 0 Å². The van der Waals surface area contributed by atoms with Crippen molar-refractivity contribution >= 4 is 15.9 Å². The van der Waals surface area contributed by atoms with E-state index in [1.54, 1.807) is 6.07 Å². The fourth-order valence-electron chi connectivity index (χ4n) is 1.95. The number of alkyl halides is 1. The first-order chi connectivity index (χ1) is 7.19. The second kappa shape index (κ2) is 4.62. The van der Waals surface area contributed by atoms with E-state index < -0.39 is 0 Å². The Morgan fingerprint density at radius 3 is 2.87 bits per heavy atom. The van der Waals surface area contributed by atoms with Crippen LogP contribution in [-0.2, 0) is 6.54 Å². The molecule has 0 radical (unpaired) electrons. The Kier molecular flexibility index (Phi) is 3.42. The summed E-state index contributed by atoms with van der Waals surface area (Å²) in [5.41, 5.74) is 2.29. The maximum Gasteiger partial charge on any atom is 0.123 e. The van der Waals surface area contributed by atoms with Crippen molar-refractivity contribution in [2.24, 2.45) is 5.92 Å². The van der Waals surface area contributed by atoms with Crippen molar-refractivity contribution in [3.05, 3.63) is 35.1 Å². The zero-order valence-electron chi connectivity index (χ0n) is 8.84. The molecule has 0 spiro atoms. The molecule has 15 heavy (non-hydrogen) atoms. The molecule has 0 N–H and O–H groups in total. The van der Waals surface area contributed by atoms with Crippen molar-refractivity contribution in [3.63, 3.8) is 0 Å². The standard InChI is InChI=1S/C12H15BrFN/c1-9-2-3-12(14)4-11(9)8-15-6-10(5-13)7-15/h2-4,10H,5-8H2,1H3. The lowest BCUT2D eigenvalue weighted by Gasteiger charge is -2.38. The molecule has 2 rings (SSSR count). The van der Waals surface area contributed by atoms with Gasteiger partial charge in [-0.1, -0.05) is 22.0 Å². The van der Waals surface area contributed by atoms with Gasteiger partial charge in [-0.15, -0.1) is 0 Å². The van der Waals surface area contributed by atoms with Gasteiger partial charge in [-0.2, -0.15) is 0 Å². The molecule has 0 aromatic heterocycles. The molecule has 0 bridgehead atoms. The maximum absolute atomic E-state index is 13.0. The monoisotopic (exact) mass is 271 g/mol. The maximum atomic E-state index is 13.0. The number of rotatable bonds is 3. The van der Waals surface area contributed by atoms with Gasteiger partial charge in [0.1, 0.15) is 5.82 Å². The van der Waals surface area contributed by atoms with Gasteiger partial charge in [-0.25, -0.2) is 4.39 Å². The minimum absolute atomic E-state index is 0.131. The molecule has 1 aliphatic heterocycles. The highest BCUT2D eigenvalue weighted by atomic mass is 79.9. The van der Waals surface area contributed by atoms with Crippen molar-refractivity contribution in [1.82, 2.24) is 4.90 Å². The second-order valence-electron chi connectivity index (χ2n) is 4.29. The van der Waals surface area contributed by atoms with Crippen LogP contribution in [0.5, 0.6) is 0 Å². The lowest BCUT2D eigenvalue weighted by atomic mass is 10.0. The highest BCUT2D eigenvalue weighted by Crippen LogP contribution is 2.21. The van der Waals surface area contributed by atoms with E-state index >= 15 is 0 Å². The Balaban J connectivity index is 1.97. The molecule has 1 aromatic rings. The van der Waals surface area contributed by atoms with Crippen LogP contribution in [0.3, 0.4) is 0 Å². The average Bonchev–Trinajstić information content (AvgIpc) is 2.16. The molecule has 1 nitrogen and oxygen atoms in total. The van der Waals surface area contributed by atoms with E-state index in [1.165, 1.54) is 11.6 Å². The molecule has 3 heteroatoms. The van der Waals surface area contributed by atoms with Gasteiger partial charge in [0.05, 0.1) is 0 Å². The van der Waals surface area contributed by atoms with Gasteiger partial charge in [0.15, 0.2) is 0 Å². The quantitative estimate of drug-likeness (QED) is 0.765. The molecular formula is C12H15BrFN. The van der Waals surface area contributed by atoms with Crippen LogP contribution in [0, 0.1) is 18.7 Å². The van der Waals surface area contributed by atoms with Gasteiger partial charge in [0.25, 0.3) is 0 Å². The minimum atomic E-state index is -0.131. The third kappa shape index (κ3) is 2.58. The number of hydrogen-bond acceptors (Lipinski definition) is 1. The van der Waals surface area contributed by atoms with Crippen LogP contribution in [0.4, 0.5) is 4.39 Å². The second-order valence-corrected chi connectivity index (χ2v) is 4.93. The molecule has 1 aliphatic rings. The fourth-order valence-corrected chi connectivity index (χ4v) is 2.36. The number of nitrogens with zero attached hydrogens (tertiary/aromatic N) is 1. The molecule has 0 atom stereocenters. The molecule has 1 heterocycles. The lowest BCUT2D eigenvalue weighted by Crippen LogP contribution is -2.46. The van der Waals surface area contributed by atoms with Crippen molar-refractivity contribution in [2.45, 2.75) is 13.5 Å². The Labute approximate surface area is 98.4 Å². The SMILES string of the molecule is Cc1ccc(F)cc1CN1CC(CBr)C1. The first-order valence-corrected chi connectivity index (χ1v) is 6.34. The first kappa shape index (κ1) is 11.1. The first-order valence-electron chi connectivity index (χ1n) is 5.22. The predicted molar refractivity (Wildman–Crippen MR) is 63.7 cm³/mol. The van der Waals surface area contributed by atoms with Crippen molar-refractivity contribution < 1.29 is 4.39 Å². The molecule has 82 valence electrons. The van der Waals surface area contributed by atoms with Crippen molar-refractivity contribution in [3.8, 4) is 0 Å². The van der Waals surface area contributed by atoms with Crippen LogP contribution in [0.15, 0.2) is 18.2 Å². The topological polar surface area (TPSA) is 3.24 Å². The van der Waals surface area contributed by atoms with Gasteiger partial charge < -0.3 is 0 Å². The van der Waals surface area contributed by atoms with E-state index in [0.29, 0.717) is 0 Å². The van der Waals surface area contributed by atoms with E-state index in [1.807, 2.05) is 13.0 Å². The van der Waals surface area contributed by atoms with Crippen LogP contribution in [0.1, 0.15) is 11.1 Å². The highest BCUT2D eigenvalue weighted by Gasteiger charge is 2.25. The van der Waals surface area contributed by atoms with Gasteiger partial charge in [-0.05, 0) is 36.1 Å². The smallest absolute Gasteiger partial charge is 0.123 e. The Morgan fingerprint density at radius 1 is 1.47 bits per heavy atom. The molecule has 1 fully saturated rings. The number of benzene rings is 1. The molecule has 0 saturated carbocycles. The van der Waals surface area contributed by atoms with Gasteiger partial charge >= 0.3 is 0 Å². The Morgan fingerprint density at radius 2 is 2.20 bits per heavy atom. The van der Waals surface area contributed by atoms with Crippen LogP contribution in [0.25, 0.3) is 0 Å². The summed E-state index contributed by atoms with van der Waals surface area (Å²) in [6.45, 7) is 5.17. The van der Waals surface area contributed by atoms with Gasteiger partial charge in [-0.3, -0.25) is 4.90 Å². The molecule has 0 unspecified atom stereocenters. The summed E-state index contributed by atoms with van der Waals surface area (Å²) in [5, 5.41) is 1.08. The molecule has 1 saturated heterocycles. The average molecular weight is 272 g/mol. The van der Waals surface area contributed by atoms with E-state index in [4.69, 9.17) is 0 Å². The molecule has 1 aromatic carbocycles. The molecule has 0 amide bonds. The summed E-state index contributed by atoms with van der Waals surface area (Å²) >= 11 is 3.48. The number of hydrogen-bond donors (Lipinski definition) is 0. The van der Waals surface area contributed by atoms with E-state index in [9.17, 15) is 4.39 Å². The van der Waals surface area contributed by atoms with E-state index in [2.05, 4.69) is 20.8 Å². The summed E-state index contributed by atoms with van der Waals surface area (Å²) in [5.74, 6) is 0.645. The van der Waals surface area contributed by atoms with Crippen LogP contribution < -0.4 is 0 Å². The highest BCUT2D eigenvalue weighted by molar-refractivity contribution is 9.09. The largest absolute Gasteiger partial charge is 0.298 e. The lowest BCUT2D eigenvalue weighted by molar-refractivity contribution is 0.108. The van der Waals surface area contributed by atoms with Crippen LogP contribution in [-0.4, -0.2) is 23.3 Å². The summed E-state index contributed by atoms with van der Waals surface area (Å²) in [6.07, 6.45) is 0. The van der Waals surface area contributed by atoms with Crippen molar-refractivity contribution in [1.29, 1.82) is 0 Å². The van der Waals surface area contributed by atoms with E-state index in [-0.39, 0.29) is 5.82 Å². The Hall–Kier alpha value is -0.410. The van der Waals surface area contributed by atoms with Gasteiger partial charge in [0.2, 0.25) is 0 Å². The summed E-state index contributed by atoms with van der Waals surface area (Å²) in [6, 6.07) is 5.03. The Bertz CT molecular complexity index is 347. The number of halogens is 2. The van der Waals surface area contributed by atoms with E-state index in [0.717, 1.165) is 36.4 Å². The predicted octanol–water partition coefficient (Wildman–Crippen LogP) is 2.96. The summed E-state index contributed by atoms with van der Waals surface area (Å²) in [7, 11) is 0. The number of likely N-dealkylation sites (tertiary alicyclic amines) is 1. The zero-order chi connectivity index (χ0) is 10.8. The fraction of sp³-hybridized carbons (Fsp3) is 0.500. The molecule has 0 aliphatic carbocycles. The third-order valence-corrected chi connectivity index (χ3v) is 3.87. The minimum Gasteiger partial charge on any atom is -0.298 e. The van der Waals surface area contributed by atoms with Crippen LogP contribution >= 0.6 is 15.9 Å². The zero-order valence-corrected chi connectivity index (χ0v) is 10.4. The summed E-state index contributed by atoms with van der Waals surface area (Å²) in [4.78, 5) is 2.35. The summed E-state index contributed by atoms with van der Waals surface area (Å²) < 4.78 is 13.0. The number of aryl methyl sites for hydroxylation is 1.